The lowest BCUT2D eigenvalue weighted by Gasteiger charge is -2.58. The van der Waals surface area contributed by atoms with Crippen molar-refractivity contribution in [2.45, 2.75) is 50.7 Å². The number of carbonyl (C=O) groups excluding carboxylic acids is 1. The minimum absolute atomic E-state index is 0.201. The highest BCUT2D eigenvalue weighted by molar-refractivity contribution is 7.99. The summed E-state index contributed by atoms with van der Waals surface area (Å²) in [7, 11) is 0. The largest absolute Gasteiger partial charge is 0.479 e. The molecule has 144 valence electrons. The van der Waals surface area contributed by atoms with Gasteiger partial charge in [0, 0.05) is 35.0 Å². The summed E-state index contributed by atoms with van der Waals surface area (Å²) in [6, 6.07) is 6.06. The smallest absolute Gasteiger partial charge is 0.330 e. The maximum Gasteiger partial charge on any atom is 0.330 e. The Labute approximate surface area is 157 Å². The van der Waals surface area contributed by atoms with Crippen LogP contribution in [-0.2, 0) is 14.3 Å². The van der Waals surface area contributed by atoms with Crippen molar-refractivity contribution in [3.63, 3.8) is 0 Å². The maximum absolute atomic E-state index is 12.9. The lowest BCUT2D eigenvalue weighted by molar-refractivity contribution is -0.195. The van der Waals surface area contributed by atoms with Crippen molar-refractivity contribution in [1.82, 2.24) is 5.32 Å². The maximum atomic E-state index is 12.9. The normalized spacial score (nSPS) is 25.2. The fraction of sp³-hybridized carbons (Fsp3) is 0.579. The van der Waals surface area contributed by atoms with E-state index in [0.29, 0.717) is 12.4 Å². The number of ether oxygens (including phenoxy) is 1. The lowest BCUT2D eigenvalue weighted by Crippen LogP contribution is -2.76. The molecule has 7 heteroatoms. The van der Waals surface area contributed by atoms with Crippen LogP contribution in [0.15, 0.2) is 29.2 Å². The Morgan fingerprint density at radius 3 is 2.50 bits per heavy atom. The van der Waals surface area contributed by atoms with Crippen molar-refractivity contribution < 1.29 is 23.8 Å². The SMILES string of the molecule is CCOC1CC(NC(=O)C(C)CSc2ccc(F)cc2)(C(=O)O)C1(C)C. The van der Waals surface area contributed by atoms with Crippen molar-refractivity contribution in [3.05, 3.63) is 30.1 Å². The fourth-order valence-corrected chi connectivity index (χ4v) is 4.12. The van der Waals surface area contributed by atoms with Crippen molar-refractivity contribution in [2.24, 2.45) is 11.3 Å². The number of carbonyl (C=O) groups is 2. The number of nitrogens with one attached hydrogen (secondary N) is 1. The van der Waals surface area contributed by atoms with Crippen LogP contribution in [0, 0.1) is 17.2 Å². The Morgan fingerprint density at radius 2 is 2.00 bits per heavy atom. The van der Waals surface area contributed by atoms with E-state index >= 15 is 0 Å². The molecular formula is C19H26FNO4S. The molecule has 0 radical (unpaired) electrons. The molecule has 1 saturated carbocycles. The van der Waals surface area contributed by atoms with E-state index in [1.54, 1.807) is 19.1 Å². The number of hydrogen-bond acceptors (Lipinski definition) is 4. The number of halogens is 1. The second-order valence-corrected chi connectivity index (χ2v) is 8.33. The molecule has 3 atom stereocenters. The van der Waals surface area contributed by atoms with Gasteiger partial charge >= 0.3 is 5.97 Å². The Balaban J connectivity index is 1.99. The van der Waals surface area contributed by atoms with E-state index < -0.39 is 16.9 Å². The van der Waals surface area contributed by atoms with Crippen LogP contribution in [0.1, 0.15) is 34.1 Å². The van der Waals surface area contributed by atoms with Crippen LogP contribution in [0.4, 0.5) is 4.39 Å². The molecule has 1 aliphatic carbocycles. The van der Waals surface area contributed by atoms with Gasteiger partial charge < -0.3 is 15.2 Å². The van der Waals surface area contributed by atoms with Gasteiger partial charge in [0.15, 0.2) is 0 Å². The Bertz CT molecular complexity index is 664. The minimum Gasteiger partial charge on any atom is -0.479 e. The molecule has 3 unspecified atom stereocenters. The van der Waals surface area contributed by atoms with Crippen LogP contribution >= 0.6 is 11.8 Å². The number of aliphatic carboxylic acids is 1. The summed E-state index contributed by atoms with van der Waals surface area (Å²) in [5.74, 6) is -1.55. The zero-order valence-electron chi connectivity index (χ0n) is 15.5. The highest BCUT2D eigenvalue weighted by Crippen LogP contribution is 2.51. The minimum atomic E-state index is -1.32. The van der Waals surface area contributed by atoms with Crippen molar-refractivity contribution in [1.29, 1.82) is 0 Å². The number of carboxylic acid groups (broad SMARTS) is 1. The van der Waals surface area contributed by atoms with Crippen LogP contribution in [0.5, 0.6) is 0 Å². The van der Waals surface area contributed by atoms with E-state index in [9.17, 15) is 19.1 Å². The monoisotopic (exact) mass is 383 g/mol. The van der Waals surface area contributed by atoms with Crippen molar-refractivity contribution in [3.8, 4) is 0 Å². The molecule has 2 N–H and O–H groups in total. The molecule has 0 heterocycles. The predicted molar refractivity (Wildman–Crippen MR) is 98.6 cm³/mol. The number of rotatable bonds is 8. The van der Waals surface area contributed by atoms with Gasteiger partial charge in [0.05, 0.1) is 6.10 Å². The van der Waals surface area contributed by atoms with E-state index in [-0.39, 0.29) is 30.2 Å². The molecular weight excluding hydrogens is 357 g/mol. The predicted octanol–water partition coefficient (Wildman–Crippen LogP) is 3.33. The highest BCUT2D eigenvalue weighted by atomic mass is 32.2. The van der Waals surface area contributed by atoms with Crippen LogP contribution in [0.2, 0.25) is 0 Å². The topological polar surface area (TPSA) is 75.6 Å². The van der Waals surface area contributed by atoms with Gasteiger partial charge in [-0.1, -0.05) is 20.8 Å². The first-order valence-electron chi connectivity index (χ1n) is 8.69. The number of amides is 1. The van der Waals surface area contributed by atoms with Crippen molar-refractivity contribution in [2.75, 3.05) is 12.4 Å². The van der Waals surface area contributed by atoms with Crippen LogP contribution in [0.3, 0.4) is 0 Å². The molecule has 0 bridgehead atoms. The Hall–Kier alpha value is -1.60. The summed E-state index contributed by atoms with van der Waals surface area (Å²) >= 11 is 1.43. The van der Waals surface area contributed by atoms with Gasteiger partial charge in [0.1, 0.15) is 11.4 Å². The first kappa shape index (κ1) is 20.7. The molecule has 26 heavy (non-hydrogen) atoms. The van der Waals surface area contributed by atoms with E-state index in [2.05, 4.69) is 5.32 Å². The number of carboxylic acids is 1. The van der Waals surface area contributed by atoms with E-state index in [4.69, 9.17) is 4.74 Å². The summed E-state index contributed by atoms with van der Waals surface area (Å²) in [6.07, 6.45) is 0.0556. The summed E-state index contributed by atoms with van der Waals surface area (Å²) in [5.41, 5.74) is -2.02. The third-order valence-electron chi connectivity index (χ3n) is 5.23. The summed E-state index contributed by atoms with van der Waals surface area (Å²) in [5, 5.41) is 12.5. The second-order valence-electron chi connectivity index (χ2n) is 7.24. The second kappa shape index (κ2) is 7.96. The van der Waals surface area contributed by atoms with Crippen LogP contribution in [0.25, 0.3) is 0 Å². The number of benzene rings is 1. The molecule has 2 rings (SSSR count). The molecule has 1 aromatic carbocycles. The third kappa shape index (κ3) is 3.88. The molecule has 0 aliphatic heterocycles. The van der Waals surface area contributed by atoms with Gasteiger partial charge in [-0.05, 0) is 31.2 Å². The zero-order chi connectivity index (χ0) is 19.5. The zero-order valence-corrected chi connectivity index (χ0v) is 16.4. The molecule has 5 nitrogen and oxygen atoms in total. The van der Waals surface area contributed by atoms with Gasteiger partial charge in [-0.25, -0.2) is 9.18 Å². The Kier molecular flexibility index (Phi) is 6.34. The highest BCUT2D eigenvalue weighted by Gasteiger charge is 2.66. The van der Waals surface area contributed by atoms with Gasteiger partial charge in [0.2, 0.25) is 5.91 Å². The molecule has 1 fully saturated rings. The third-order valence-corrected chi connectivity index (χ3v) is 6.50. The van der Waals surface area contributed by atoms with Gasteiger partial charge in [-0.2, -0.15) is 0 Å². The summed E-state index contributed by atoms with van der Waals surface area (Å²) in [6.45, 7) is 7.74. The fourth-order valence-electron chi connectivity index (χ4n) is 3.20. The molecule has 1 aromatic rings. The summed E-state index contributed by atoms with van der Waals surface area (Å²) in [4.78, 5) is 25.4. The van der Waals surface area contributed by atoms with E-state index in [0.717, 1.165) is 4.90 Å². The molecule has 1 amide bonds. The van der Waals surface area contributed by atoms with Crippen LogP contribution in [-0.4, -0.2) is 41.0 Å². The average Bonchev–Trinajstić information content (AvgIpc) is 2.59. The van der Waals surface area contributed by atoms with Gasteiger partial charge in [0.25, 0.3) is 0 Å². The molecule has 0 aromatic heterocycles. The van der Waals surface area contributed by atoms with E-state index in [1.165, 1.54) is 23.9 Å². The first-order valence-corrected chi connectivity index (χ1v) is 9.68. The lowest BCUT2D eigenvalue weighted by atomic mass is 9.54. The first-order chi connectivity index (χ1) is 12.1. The van der Waals surface area contributed by atoms with Crippen LogP contribution < -0.4 is 5.32 Å². The standard InChI is InChI=1S/C19H26FNO4S/c1-5-25-15-10-19(17(23)24,18(15,3)4)21-16(22)12(2)11-26-14-8-6-13(20)7-9-14/h6-9,12,15H,5,10-11H2,1-4H3,(H,21,22)(H,23,24). The van der Waals surface area contributed by atoms with Gasteiger partial charge in [-0.3, -0.25) is 4.79 Å². The molecule has 0 saturated heterocycles. The average molecular weight is 383 g/mol. The van der Waals surface area contributed by atoms with Crippen molar-refractivity contribution >= 4 is 23.6 Å². The quantitative estimate of drug-likeness (QED) is 0.674. The van der Waals surface area contributed by atoms with E-state index in [1.807, 2.05) is 20.8 Å². The molecule has 0 spiro atoms. The summed E-state index contributed by atoms with van der Waals surface area (Å²) < 4.78 is 18.5. The number of hydrogen-bond donors (Lipinski definition) is 2. The molecule has 1 aliphatic rings. The number of thioether (sulfide) groups is 1. The van der Waals surface area contributed by atoms with Gasteiger partial charge in [-0.15, -0.1) is 11.8 Å². The Morgan fingerprint density at radius 1 is 1.38 bits per heavy atom.